The minimum absolute atomic E-state index is 0.243. The minimum atomic E-state index is -0.388. The van der Waals surface area contributed by atoms with Gasteiger partial charge in [0.25, 0.3) is 0 Å². The van der Waals surface area contributed by atoms with Crippen molar-refractivity contribution >= 4 is 0 Å². The topological polar surface area (TPSA) is 41.9 Å². The van der Waals surface area contributed by atoms with Gasteiger partial charge in [-0.1, -0.05) is 6.07 Å². The SMILES string of the molecule is COCC1CCN(C2CCc3cc(OC)ccc3C2O)C1. The Morgan fingerprint density at radius 1 is 1.29 bits per heavy atom. The van der Waals surface area contributed by atoms with Gasteiger partial charge in [0.05, 0.1) is 19.8 Å². The second kappa shape index (κ2) is 6.34. The lowest BCUT2D eigenvalue weighted by atomic mass is 9.85. The molecule has 1 heterocycles. The number of benzene rings is 1. The number of fused-ring (bicyclic) bond motifs is 1. The van der Waals surface area contributed by atoms with Gasteiger partial charge in [-0.05, 0) is 55.0 Å². The van der Waals surface area contributed by atoms with Crippen molar-refractivity contribution in [3.63, 3.8) is 0 Å². The van der Waals surface area contributed by atoms with E-state index in [-0.39, 0.29) is 12.1 Å². The van der Waals surface area contributed by atoms with Crippen LogP contribution in [-0.2, 0) is 11.2 Å². The first-order chi connectivity index (χ1) is 10.2. The number of aryl methyl sites for hydroxylation is 1. The summed E-state index contributed by atoms with van der Waals surface area (Å²) in [6, 6.07) is 6.27. The fourth-order valence-electron chi connectivity index (χ4n) is 3.80. The van der Waals surface area contributed by atoms with Gasteiger partial charge in [-0.25, -0.2) is 0 Å². The van der Waals surface area contributed by atoms with Crippen molar-refractivity contribution in [1.82, 2.24) is 4.90 Å². The molecule has 4 nitrogen and oxygen atoms in total. The summed E-state index contributed by atoms with van der Waals surface area (Å²) in [7, 11) is 3.45. The van der Waals surface area contributed by atoms with E-state index in [0.717, 1.165) is 43.9 Å². The van der Waals surface area contributed by atoms with Crippen LogP contribution in [-0.4, -0.2) is 50.0 Å². The molecule has 1 aliphatic carbocycles. The summed E-state index contributed by atoms with van der Waals surface area (Å²) >= 11 is 0. The summed E-state index contributed by atoms with van der Waals surface area (Å²) in [5.74, 6) is 1.49. The molecule has 3 unspecified atom stereocenters. The van der Waals surface area contributed by atoms with Crippen molar-refractivity contribution in [2.45, 2.75) is 31.4 Å². The van der Waals surface area contributed by atoms with Gasteiger partial charge in [0, 0.05) is 19.7 Å². The number of hydrogen-bond donors (Lipinski definition) is 1. The summed E-state index contributed by atoms with van der Waals surface area (Å²) < 4.78 is 10.5. The molecule has 0 aromatic heterocycles. The second-order valence-corrected chi connectivity index (χ2v) is 6.22. The summed E-state index contributed by atoms with van der Waals surface area (Å²) in [5, 5.41) is 10.7. The van der Waals surface area contributed by atoms with Crippen LogP contribution in [0.3, 0.4) is 0 Å². The van der Waals surface area contributed by atoms with E-state index in [2.05, 4.69) is 11.0 Å². The molecule has 1 saturated heterocycles. The fourth-order valence-corrected chi connectivity index (χ4v) is 3.80. The largest absolute Gasteiger partial charge is 0.497 e. The normalized spacial score (nSPS) is 29.4. The Bertz CT molecular complexity index is 491. The Labute approximate surface area is 126 Å². The van der Waals surface area contributed by atoms with Gasteiger partial charge >= 0.3 is 0 Å². The van der Waals surface area contributed by atoms with Gasteiger partial charge in [-0.15, -0.1) is 0 Å². The summed E-state index contributed by atoms with van der Waals surface area (Å²) in [4.78, 5) is 2.45. The summed E-state index contributed by atoms with van der Waals surface area (Å²) in [6.07, 6.45) is 2.81. The van der Waals surface area contributed by atoms with Gasteiger partial charge < -0.3 is 14.6 Å². The number of methoxy groups -OCH3 is 2. The van der Waals surface area contributed by atoms with E-state index in [1.165, 1.54) is 12.0 Å². The molecule has 1 aromatic rings. The number of rotatable bonds is 4. The Hall–Kier alpha value is -1.10. The van der Waals surface area contributed by atoms with Gasteiger partial charge in [0.15, 0.2) is 0 Å². The molecule has 2 aliphatic rings. The van der Waals surface area contributed by atoms with Crippen LogP contribution in [0.25, 0.3) is 0 Å². The Morgan fingerprint density at radius 3 is 2.90 bits per heavy atom. The Balaban J connectivity index is 1.72. The second-order valence-electron chi connectivity index (χ2n) is 6.22. The molecule has 0 saturated carbocycles. The molecule has 1 aromatic carbocycles. The molecule has 116 valence electrons. The first-order valence-electron chi connectivity index (χ1n) is 7.80. The molecule has 3 atom stereocenters. The molecule has 0 amide bonds. The van der Waals surface area contributed by atoms with Crippen LogP contribution >= 0.6 is 0 Å². The van der Waals surface area contributed by atoms with Gasteiger partial charge in [0.1, 0.15) is 5.75 Å². The molecular formula is C17H25NO3. The molecule has 3 rings (SSSR count). The number of nitrogens with zero attached hydrogens (tertiary/aromatic N) is 1. The highest BCUT2D eigenvalue weighted by atomic mass is 16.5. The molecule has 1 N–H and O–H groups in total. The molecule has 0 radical (unpaired) electrons. The van der Waals surface area contributed by atoms with Crippen LogP contribution in [0.1, 0.15) is 30.1 Å². The van der Waals surface area contributed by atoms with Gasteiger partial charge in [-0.3, -0.25) is 4.90 Å². The van der Waals surface area contributed by atoms with Crippen molar-refractivity contribution in [3.05, 3.63) is 29.3 Å². The summed E-state index contributed by atoms with van der Waals surface area (Å²) in [5.41, 5.74) is 2.30. The highest BCUT2D eigenvalue weighted by Crippen LogP contribution is 2.36. The lowest BCUT2D eigenvalue weighted by molar-refractivity contribution is 0.0439. The minimum Gasteiger partial charge on any atom is -0.497 e. The fraction of sp³-hybridized carbons (Fsp3) is 0.647. The van der Waals surface area contributed by atoms with Crippen molar-refractivity contribution in [2.75, 3.05) is 33.9 Å². The third kappa shape index (κ3) is 2.93. The average molecular weight is 291 g/mol. The lowest BCUT2D eigenvalue weighted by Gasteiger charge is -2.36. The maximum Gasteiger partial charge on any atom is 0.119 e. The smallest absolute Gasteiger partial charge is 0.119 e. The quantitative estimate of drug-likeness (QED) is 0.921. The number of aliphatic hydroxyl groups excluding tert-OH is 1. The van der Waals surface area contributed by atoms with Crippen LogP contribution in [0.15, 0.2) is 18.2 Å². The molecule has 1 fully saturated rings. The zero-order valence-corrected chi connectivity index (χ0v) is 12.9. The van der Waals surface area contributed by atoms with E-state index in [0.29, 0.717) is 5.92 Å². The van der Waals surface area contributed by atoms with Crippen molar-refractivity contribution in [2.24, 2.45) is 5.92 Å². The number of hydrogen-bond acceptors (Lipinski definition) is 4. The van der Waals surface area contributed by atoms with E-state index >= 15 is 0 Å². The molecule has 0 spiro atoms. The van der Waals surface area contributed by atoms with Crippen molar-refractivity contribution in [3.8, 4) is 5.75 Å². The van der Waals surface area contributed by atoms with Gasteiger partial charge in [-0.2, -0.15) is 0 Å². The standard InChI is InChI=1S/C17H25NO3/c1-20-11-12-7-8-18(10-12)16-6-3-13-9-14(21-2)4-5-15(13)17(16)19/h4-5,9,12,16-17,19H,3,6-8,10-11H2,1-2H3. The predicted octanol–water partition coefficient (Wildman–Crippen LogP) is 2.01. The lowest BCUT2D eigenvalue weighted by Crippen LogP contribution is -2.41. The van der Waals surface area contributed by atoms with E-state index in [1.807, 2.05) is 12.1 Å². The van der Waals surface area contributed by atoms with E-state index in [9.17, 15) is 5.11 Å². The van der Waals surface area contributed by atoms with E-state index in [4.69, 9.17) is 9.47 Å². The third-order valence-electron chi connectivity index (χ3n) is 4.93. The highest BCUT2D eigenvalue weighted by Gasteiger charge is 2.36. The number of aliphatic hydroxyl groups is 1. The third-order valence-corrected chi connectivity index (χ3v) is 4.93. The maximum absolute atomic E-state index is 10.7. The van der Waals surface area contributed by atoms with Gasteiger partial charge in [0.2, 0.25) is 0 Å². The van der Waals surface area contributed by atoms with Crippen molar-refractivity contribution < 1.29 is 14.6 Å². The maximum atomic E-state index is 10.7. The van der Waals surface area contributed by atoms with E-state index in [1.54, 1.807) is 14.2 Å². The van der Waals surface area contributed by atoms with Crippen molar-refractivity contribution in [1.29, 1.82) is 0 Å². The molecule has 0 bridgehead atoms. The molecular weight excluding hydrogens is 266 g/mol. The number of likely N-dealkylation sites (tertiary alicyclic amines) is 1. The molecule has 21 heavy (non-hydrogen) atoms. The average Bonchev–Trinajstić information content (AvgIpc) is 2.96. The molecule has 4 heteroatoms. The monoisotopic (exact) mass is 291 g/mol. The first kappa shape index (κ1) is 14.8. The zero-order valence-electron chi connectivity index (χ0n) is 12.9. The Morgan fingerprint density at radius 2 is 2.14 bits per heavy atom. The van der Waals surface area contributed by atoms with Crippen LogP contribution in [0, 0.1) is 5.92 Å². The first-order valence-corrected chi connectivity index (χ1v) is 7.80. The van der Waals surface area contributed by atoms with E-state index < -0.39 is 0 Å². The number of ether oxygens (including phenoxy) is 2. The zero-order chi connectivity index (χ0) is 14.8. The predicted molar refractivity (Wildman–Crippen MR) is 81.6 cm³/mol. The van der Waals surface area contributed by atoms with Crippen LogP contribution in [0.2, 0.25) is 0 Å². The highest BCUT2D eigenvalue weighted by molar-refractivity contribution is 5.39. The van der Waals surface area contributed by atoms with Crippen LogP contribution in [0.4, 0.5) is 0 Å². The Kier molecular flexibility index (Phi) is 4.48. The van der Waals surface area contributed by atoms with Crippen LogP contribution < -0.4 is 4.74 Å². The molecule has 1 aliphatic heterocycles. The summed E-state index contributed by atoms with van der Waals surface area (Å²) in [6.45, 7) is 2.94. The van der Waals surface area contributed by atoms with Crippen LogP contribution in [0.5, 0.6) is 5.75 Å².